The van der Waals surface area contributed by atoms with Gasteiger partial charge in [0, 0.05) is 25.2 Å². The summed E-state index contributed by atoms with van der Waals surface area (Å²) in [6.45, 7) is 7.86. The van der Waals surface area contributed by atoms with Crippen LogP contribution in [-0.4, -0.2) is 48.6 Å². The van der Waals surface area contributed by atoms with E-state index in [1.807, 2.05) is 0 Å². The average Bonchev–Trinajstić information content (AvgIpc) is 2.41. The molecule has 0 aromatic heterocycles. The molecule has 1 amide bonds. The molecule has 2 fully saturated rings. The maximum atomic E-state index is 12.2. The van der Waals surface area contributed by atoms with Crippen LogP contribution in [0.25, 0.3) is 0 Å². The maximum Gasteiger partial charge on any atom is 0.237 e. The van der Waals surface area contributed by atoms with Gasteiger partial charge >= 0.3 is 0 Å². The summed E-state index contributed by atoms with van der Waals surface area (Å²) in [5, 5.41) is 6.66. The molecule has 0 bridgehead atoms. The van der Waals surface area contributed by atoms with E-state index >= 15 is 0 Å². The molecule has 2 atom stereocenters. The van der Waals surface area contributed by atoms with Crippen LogP contribution in [0.3, 0.4) is 0 Å². The van der Waals surface area contributed by atoms with Gasteiger partial charge in [-0.2, -0.15) is 0 Å². The Kier molecular flexibility index (Phi) is 5.64. The molecule has 2 rings (SSSR count). The van der Waals surface area contributed by atoms with Crippen molar-refractivity contribution in [2.45, 2.75) is 70.5 Å². The van der Waals surface area contributed by atoms with Gasteiger partial charge in [-0.05, 0) is 52.0 Å². The number of rotatable bonds is 4. The minimum Gasteiger partial charge on any atom is -0.352 e. The van der Waals surface area contributed by atoms with Crippen LogP contribution in [0.1, 0.15) is 52.4 Å². The second kappa shape index (κ2) is 7.25. The molecular weight excluding hydrogens is 238 g/mol. The van der Waals surface area contributed by atoms with E-state index in [9.17, 15) is 4.79 Å². The third-order valence-corrected chi connectivity index (χ3v) is 4.41. The van der Waals surface area contributed by atoms with Crippen LogP contribution >= 0.6 is 0 Å². The first kappa shape index (κ1) is 14.8. The van der Waals surface area contributed by atoms with Crippen molar-refractivity contribution in [3.05, 3.63) is 0 Å². The first-order valence-corrected chi connectivity index (χ1v) is 7.97. The second-order valence-corrected chi connectivity index (χ2v) is 6.18. The van der Waals surface area contributed by atoms with Crippen molar-refractivity contribution in [1.29, 1.82) is 0 Å². The van der Waals surface area contributed by atoms with Gasteiger partial charge < -0.3 is 15.5 Å². The molecule has 0 radical (unpaired) electrons. The van der Waals surface area contributed by atoms with E-state index in [4.69, 9.17) is 0 Å². The van der Waals surface area contributed by atoms with Crippen molar-refractivity contribution >= 4 is 5.91 Å². The third-order valence-electron chi connectivity index (χ3n) is 4.41. The van der Waals surface area contributed by atoms with Crippen LogP contribution in [0.2, 0.25) is 0 Å². The predicted molar refractivity (Wildman–Crippen MR) is 78.1 cm³/mol. The Balaban J connectivity index is 1.71. The molecule has 0 aromatic carbocycles. The molecule has 0 spiro atoms. The SMILES string of the molecule is CCCN1CCC(NC(=O)C2CCCC(C)N2)CC1. The van der Waals surface area contributed by atoms with Crippen LogP contribution in [0, 0.1) is 0 Å². The summed E-state index contributed by atoms with van der Waals surface area (Å²) in [6.07, 6.45) is 6.79. The molecule has 0 saturated carbocycles. The van der Waals surface area contributed by atoms with Crippen molar-refractivity contribution in [2.75, 3.05) is 19.6 Å². The zero-order valence-electron chi connectivity index (χ0n) is 12.5. The summed E-state index contributed by atoms with van der Waals surface area (Å²) in [6, 6.07) is 0.910. The van der Waals surface area contributed by atoms with Gasteiger partial charge in [-0.1, -0.05) is 6.92 Å². The summed E-state index contributed by atoms with van der Waals surface area (Å²) in [4.78, 5) is 14.7. The number of amides is 1. The number of hydrogen-bond acceptors (Lipinski definition) is 3. The molecule has 2 aliphatic heterocycles. The maximum absolute atomic E-state index is 12.2. The lowest BCUT2D eigenvalue weighted by atomic mass is 9.98. The van der Waals surface area contributed by atoms with E-state index in [0.29, 0.717) is 12.1 Å². The van der Waals surface area contributed by atoms with E-state index in [0.717, 1.165) is 32.4 Å². The molecule has 0 aliphatic carbocycles. The van der Waals surface area contributed by atoms with Crippen LogP contribution in [0.5, 0.6) is 0 Å². The highest BCUT2D eigenvalue weighted by molar-refractivity contribution is 5.82. The van der Waals surface area contributed by atoms with E-state index in [1.165, 1.54) is 25.8 Å². The van der Waals surface area contributed by atoms with Crippen LogP contribution in [0.4, 0.5) is 0 Å². The van der Waals surface area contributed by atoms with E-state index in [-0.39, 0.29) is 11.9 Å². The molecule has 19 heavy (non-hydrogen) atoms. The van der Waals surface area contributed by atoms with Gasteiger partial charge in [0.05, 0.1) is 6.04 Å². The van der Waals surface area contributed by atoms with Gasteiger partial charge in [0.25, 0.3) is 0 Å². The van der Waals surface area contributed by atoms with Gasteiger partial charge in [-0.3, -0.25) is 4.79 Å². The Bertz CT molecular complexity index is 287. The standard InChI is InChI=1S/C15H29N3O/c1-3-9-18-10-7-13(8-11-18)17-15(19)14-6-4-5-12(2)16-14/h12-14,16H,3-11H2,1-2H3,(H,17,19). The molecule has 110 valence electrons. The fourth-order valence-corrected chi connectivity index (χ4v) is 3.26. The molecule has 4 nitrogen and oxygen atoms in total. The van der Waals surface area contributed by atoms with E-state index in [2.05, 4.69) is 29.4 Å². The Morgan fingerprint density at radius 1 is 1.26 bits per heavy atom. The minimum atomic E-state index is 0.0393. The lowest BCUT2D eigenvalue weighted by Crippen LogP contribution is -2.54. The molecule has 2 aliphatic rings. The topological polar surface area (TPSA) is 44.4 Å². The molecule has 2 N–H and O–H groups in total. The van der Waals surface area contributed by atoms with Crippen molar-refractivity contribution in [1.82, 2.24) is 15.5 Å². The Hall–Kier alpha value is -0.610. The van der Waals surface area contributed by atoms with E-state index < -0.39 is 0 Å². The monoisotopic (exact) mass is 267 g/mol. The normalized spacial score (nSPS) is 30.2. The zero-order chi connectivity index (χ0) is 13.7. The summed E-state index contributed by atoms with van der Waals surface area (Å²) in [5.74, 6) is 0.223. The summed E-state index contributed by atoms with van der Waals surface area (Å²) < 4.78 is 0. The summed E-state index contributed by atoms with van der Waals surface area (Å²) in [5.41, 5.74) is 0. The molecule has 2 heterocycles. The first-order valence-electron chi connectivity index (χ1n) is 7.97. The number of hydrogen-bond donors (Lipinski definition) is 2. The number of carbonyl (C=O) groups excluding carboxylic acids is 1. The molecule has 0 aromatic rings. The molecular formula is C15H29N3O. The Morgan fingerprint density at radius 3 is 2.63 bits per heavy atom. The van der Waals surface area contributed by atoms with Crippen LogP contribution < -0.4 is 10.6 Å². The van der Waals surface area contributed by atoms with Crippen molar-refractivity contribution in [2.24, 2.45) is 0 Å². The van der Waals surface area contributed by atoms with Crippen molar-refractivity contribution < 1.29 is 4.79 Å². The fourth-order valence-electron chi connectivity index (χ4n) is 3.26. The highest BCUT2D eigenvalue weighted by Gasteiger charge is 2.27. The van der Waals surface area contributed by atoms with Crippen LogP contribution in [-0.2, 0) is 4.79 Å². The van der Waals surface area contributed by atoms with Crippen molar-refractivity contribution in [3.63, 3.8) is 0 Å². The number of carbonyl (C=O) groups is 1. The number of piperidine rings is 2. The van der Waals surface area contributed by atoms with E-state index in [1.54, 1.807) is 0 Å². The highest BCUT2D eigenvalue weighted by Crippen LogP contribution is 2.14. The van der Waals surface area contributed by atoms with Gasteiger partial charge in [0.2, 0.25) is 5.91 Å². The number of nitrogens with zero attached hydrogens (tertiary/aromatic N) is 1. The van der Waals surface area contributed by atoms with Crippen molar-refractivity contribution in [3.8, 4) is 0 Å². The Morgan fingerprint density at radius 2 is 2.00 bits per heavy atom. The Labute approximate surface area is 117 Å². The average molecular weight is 267 g/mol. The summed E-state index contributed by atoms with van der Waals surface area (Å²) in [7, 11) is 0. The van der Waals surface area contributed by atoms with Crippen LogP contribution in [0.15, 0.2) is 0 Å². The largest absolute Gasteiger partial charge is 0.352 e. The second-order valence-electron chi connectivity index (χ2n) is 6.18. The van der Waals surface area contributed by atoms with Gasteiger partial charge in [-0.25, -0.2) is 0 Å². The lowest BCUT2D eigenvalue weighted by Gasteiger charge is -2.34. The third kappa shape index (κ3) is 4.46. The quantitative estimate of drug-likeness (QED) is 0.811. The molecule has 4 heteroatoms. The number of likely N-dealkylation sites (tertiary alicyclic amines) is 1. The molecule has 2 saturated heterocycles. The minimum absolute atomic E-state index is 0.0393. The summed E-state index contributed by atoms with van der Waals surface area (Å²) >= 11 is 0. The van der Waals surface area contributed by atoms with Gasteiger partial charge in [0.1, 0.15) is 0 Å². The predicted octanol–water partition coefficient (Wildman–Crippen LogP) is 1.51. The first-order chi connectivity index (χ1) is 9.19. The smallest absolute Gasteiger partial charge is 0.237 e. The van der Waals surface area contributed by atoms with Gasteiger partial charge in [-0.15, -0.1) is 0 Å². The molecule has 2 unspecified atom stereocenters. The zero-order valence-corrected chi connectivity index (χ0v) is 12.5. The highest BCUT2D eigenvalue weighted by atomic mass is 16.2. The fraction of sp³-hybridized carbons (Fsp3) is 0.933. The lowest BCUT2D eigenvalue weighted by molar-refractivity contribution is -0.125. The number of nitrogens with one attached hydrogen (secondary N) is 2. The van der Waals surface area contributed by atoms with Gasteiger partial charge in [0.15, 0.2) is 0 Å².